The summed E-state index contributed by atoms with van der Waals surface area (Å²) in [5.74, 6) is -1.32. The fourth-order valence-corrected chi connectivity index (χ4v) is 4.80. The zero-order valence-electron chi connectivity index (χ0n) is 12.9. The molecule has 0 aromatic heterocycles. The molecular weight excluding hydrogens is 320 g/mol. The number of carbonyl (C=O) groups excluding carboxylic acids is 1. The molecule has 0 saturated carbocycles. The van der Waals surface area contributed by atoms with Crippen LogP contribution in [0.2, 0.25) is 0 Å². The van der Waals surface area contributed by atoms with E-state index in [1.807, 2.05) is 0 Å². The van der Waals surface area contributed by atoms with Crippen LogP contribution in [0.4, 0.5) is 5.69 Å². The Balaban J connectivity index is 2.05. The van der Waals surface area contributed by atoms with E-state index in [1.165, 1.54) is 12.1 Å². The number of hydrogen-bond donors (Lipinski definition) is 2. The Morgan fingerprint density at radius 2 is 2.09 bits per heavy atom. The van der Waals surface area contributed by atoms with Gasteiger partial charge in [0.05, 0.1) is 10.3 Å². The molecule has 3 rings (SSSR count). The van der Waals surface area contributed by atoms with Crippen LogP contribution in [0.15, 0.2) is 23.1 Å². The van der Waals surface area contributed by atoms with E-state index in [1.54, 1.807) is 19.9 Å². The molecule has 0 spiro atoms. The number of hydrogen-bond acceptors (Lipinski definition) is 4. The number of nitrogens with zero attached hydrogens (tertiary/aromatic N) is 1. The number of aliphatic carboxylic acids is 1. The number of amides is 1. The second kappa shape index (κ2) is 5.04. The highest BCUT2D eigenvalue weighted by molar-refractivity contribution is 7.89. The minimum atomic E-state index is -3.91. The Bertz CT molecular complexity index is 800. The highest BCUT2D eigenvalue weighted by Gasteiger charge is 2.42. The number of carboxylic acids is 1. The maximum absolute atomic E-state index is 12.8. The summed E-state index contributed by atoms with van der Waals surface area (Å²) in [5, 5.41) is 11.9. The smallest absolute Gasteiger partial charge is 0.322 e. The van der Waals surface area contributed by atoms with Crippen molar-refractivity contribution in [1.82, 2.24) is 4.31 Å². The topological polar surface area (TPSA) is 104 Å². The van der Waals surface area contributed by atoms with Crippen molar-refractivity contribution in [2.75, 3.05) is 11.9 Å². The molecule has 124 valence electrons. The molecular formula is C15H18N2O5S. The zero-order valence-corrected chi connectivity index (χ0v) is 13.7. The van der Waals surface area contributed by atoms with Crippen LogP contribution >= 0.6 is 0 Å². The van der Waals surface area contributed by atoms with Crippen molar-refractivity contribution in [2.45, 2.75) is 43.0 Å². The van der Waals surface area contributed by atoms with Gasteiger partial charge in [-0.25, -0.2) is 8.42 Å². The number of benzene rings is 1. The van der Waals surface area contributed by atoms with Gasteiger partial charge in [0.1, 0.15) is 6.04 Å². The predicted octanol–water partition coefficient (Wildman–Crippen LogP) is 1.15. The zero-order chi connectivity index (χ0) is 17.0. The lowest BCUT2D eigenvalue weighted by atomic mass is 9.86. The lowest BCUT2D eigenvalue weighted by Crippen LogP contribution is -2.40. The lowest BCUT2D eigenvalue weighted by Gasteiger charge is -2.22. The van der Waals surface area contributed by atoms with Gasteiger partial charge in [-0.2, -0.15) is 4.31 Å². The normalized spacial score (nSPS) is 23.6. The van der Waals surface area contributed by atoms with Crippen LogP contribution in [-0.4, -0.2) is 42.3 Å². The molecule has 1 aromatic rings. The standard InChI is InChI=1S/C15H18N2O5S/c1-15(2)10-8-9(5-6-11(10)16-14(15)20)23(21,22)17-7-3-4-12(17)13(18)19/h5-6,8,12H,3-4,7H2,1-2H3,(H,16,20)(H,18,19)/t12-/m1/s1. The van der Waals surface area contributed by atoms with Gasteiger partial charge in [-0.15, -0.1) is 0 Å². The maximum atomic E-state index is 12.8. The largest absolute Gasteiger partial charge is 0.480 e. The quantitative estimate of drug-likeness (QED) is 0.860. The van der Waals surface area contributed by atoms with Crippen molar-refractivity contribution >= 4 is 27.6 Å². The van der Waals surface area contributed by atoms with Gasteiger partial charge in [-0.1, -0.05) is 0 Å². The first-order valence-corrected chi connectivity index (χ1v) is 8.80. The second-order valence-corrected chi connectivity index (χ2v) is 8.29. The molecule has 1 aromatic carbocycles. The molecule has 23 heavy (non-hydrogen) atoms. The van der Waals surface area contributed by atoms with E-state index in [0.29, 0.717) is 24.1 Å². The Labute approximate surface area is 134 Å². The summed E-state index contributed by atoms with van der Waals surface area (Å²) < 4.78 is 26.6. The van der Waals surface area contributed by atoms with Gasteiger partial charge in [0.2, 0.25) is 15.9 Å². The molecule has 7 nitrogen and oxygen atoms in total. The number of anilines is 1. The van der Waals surface area contributed by atoms with Crippen molar-refractivity contribution in [3.8, 4) is 0 Å². The Hall–Kier alpha value is -1.93. The van der Waals surface area contributed by atoms with Crippen LogP contribution < -0.4 is 5.32 Å². The van der Waals surface area contributed by atoms with E-state index < -0.39 is 27.4 Å². The summed E-state index contributed by atoms with van der Waals surface area (Å²) in [6.07, 6.45) is 0.831. The number of sulfonamides is 1. The summed E-state index contributed by atoms with van der Waals surface area (Å²) >= 11 is 0. The highest BCUT2D eigenvalue weighted by atomic mass is 32.2. The van der Waals surface area contributed by atoms with Crippen molar-refractivity contribution in [1.29, 1.82) is 0 Å². The van der Waals surface area contributed by atoms with Crippen LogP contribution in [0.25, 0.3) is 0 Å². The van der Waals surface area contributed by atoms with E-state index >= 15 is 0 Å². The van der Waals surface area contributed by atoms with Crippen LogP contribution in [0.1, 0.15) is 32.3 Å². The Morgan fingerprint density at radius 3 is 2.74 bits per heavy atom. The Kier molecular flexibility index (Phi) is 3.49. The van der Waals surface area contributed by atoms with E-state index in [2.05, 4.69) is 5.32 Å². The lowest BCUT2D eigenvalue weighted by molar-refractivity contribution is -0.140. The number of nitrogens with one attached hydrogen (secondary N) is 1. The van der Waals surface area contributed by atoms with E-state index in [4.69, 9.17) is 0 Å². The van der Waals surface area contributed by atoms with E-state index in [-0.39, 0.29) is 17.3 Å². The molecule has 1 fully saturated rings. The molecule has 2 aliphatic rings. The minimum Gasteiger partial charge on any atom is -0.480 e. The summed E-state index contributed by atoms with van der Waals surface area (Å²) in [5.41, 5.74) is 0.378. The molecule has 2 aliphatic heterocycles. The van der Waals surface area contributed by atoms with Crippen molar-refractivity contribution < 1.29 is 23.1 Å². The van der Waals surface area contributed by atoms with Gasteiger partial charge >= 0.3 is 5.97 Å². The van der Waals surface area contributed by atoms with Crippen molar-refractivity contribution in [3.63, 3.8) is 0 Å². The van der Waals surface area contributed by atoms with Crippen molar-refractivity contribution in [2.24, 2.45) is 0 Å². The summed E-state index contributed by atoms with van der Waals surface area (Å²) in [7, 11) is -3.91. The number of rotatable bonds is 3. The first-order chi connectivity index (χ1) is 10.7. The third kappa shape index (κ3) is 2.33. The van der Waals surface area contributed by atoms with Gasteiger partial charge in [0, 0.05) is 12.2 Å². The average Bonchev–Trinajstić information content (AvgIpc) is 3.04. The molecule has 8 heteroatoms. The first kappa shape index (κ1) is 15.9. The molecule has 0 unspecified atom stereocenters. The Morgan fingerprint density at radius 1 is 1.39 bits per heavy atom. The first-order valence-electron chi connectivity index (χ1n) is 7.36. The van der Waals surface area contributed by atoms with E-state index in [9.17, 15) is 23.1 Å². The van der Waals surface area contributed by atoms with Gasteiger partial charge < -0.3 is 10.4 Å². The molecule has 2 N–H and O–H groups in total. The number of carboxylic acid groups (broad SMARTS) is 1. The molecule has 1 saturated heterocycles. The van der Waals surface area contributed by atoms with E-state index in [0.717, 1.165) is 4.31 Å². The van der Waals surface area contributed by atoms with Gasteiger partial charge in [0.25, 0.3) is 0 Å². The summed E-state index contributed by atoms with van der Waals surface area (Å²) in [6, 6.07) is 3.41. The summed E-state index contributed by atoms with van der Waals surface area (Å²) in [4.78, 5) is 23.2. The third-order valence-corrected chi connectivity index (χ3v) is 6.48. The third-order valence-electron chi connectivity index (χ3n) is 4.58. The molecule has 2 heterocycles. The number of fused-ring (bicyclic) bond motifs is 1. The van der Waals surface area contributed by atoms with Crippen LogP contribution in [-0.2, 0) is 25.0 Å². The molecule has 0 bridgehead atoms. The monoisotopic (exact) mass is 338 g/mol. The van der Waals surface area contributed by atoms with Gasteiger partial charge in [0.15, 0.2) is 0 Å². The molecule has 1 atom stereocenters. The van der Waals surface area contributed by atoms with Crippen LogP contribution in [0.5, 0.6) is 0 Å². The van der Waals surface area contributed by atoms with Gasteiger partial charge in [-0.05, 0) is 50.5 Å². The SMILES string of the molecule is CC1(C)C(=O)Nc2ccc(S(=O)(=O)N3CCC[C@@H]3C(=O)O)cc21. The maximum Gasteiger partial charge on any atom is 0.322 e. The molecule has 0 radical (unpaired) electrons. The average molecular weight is 338 g/mol. The second-order valence-electron chi connectivity index (χ2n) is 6.40. The summed E-state index contributed by atoms with van der Waals surface area (Å²) in [6.45, 7) is 3.64. The predicted molar refractivity (Wildman–Crippen MR) is 82.6 cm³/mol. The minimum absolute atomic E-state index is 0.0222. The number of carbonyl (C=O) groups is 2. The van der Waals surface area contributed by atoms with Gasteiger partial charge in [-0.3, -0.25) is 9.59 Å². The molecule has 0 aliphatic carbocycles. The van der Waals surface area contributed by atoms with Crippen LogP contribution in [0.3, 0.4) is 0 Å². The van der Waals surface area contributed by atoms with Crippen molar-refractivity contribution in [3.05, 3.63) is 23.8 Å². The fraction of sp³-hybridized carbons (Fsp3) is 0.467. The fourth-order valence-electron chi connectivity index (χ4n) is 3.12. The highest BCUT2D eigenvalue weighted by Crippen LogP contribution is 2.39. The molecule has 1 amide bonds. The van der Waals surface area contributed by atoms with Crippen LogP contribution in [0, 0.1) is 0 Å².